The molecule has 0 bridgehead atoms. The second kappa shape index (κ2) is 6.24. The lowest BCUT2D eigenvalue weighted by Crippen LogP contribution is -2.62. The molecule has 0 aliphatic carbocycles. The van der Waals surface area contributed by atoms with Gasteiger partial charge in [-0.15, -0.1) is 0 Å². The lowest BCUT2D eigenvalue weighted by atomic mass is 9.79. The number of hydrogen-bond donors (Lipinski definition) is 3. The van der Waals surface area contributed by atoms with Crippen molar-refractivity contribution in [1.29, 1.82) is 0 Å². The first-order valence-corrected chi connectivity index (χ1v) is 8.33. The van der Waals surface area contributed by atoms with Crippen LogP contribution in [-0.4, -0.2) is 41.1 Å². The van der Waals surface area contributed by atoms with Crippen LogP contribution < -0.4 is 10.6 Å². The quantitative estimate of drug-likeness (QED) is 0.741. The Kier molecular flexibility index (Phi) is 4.81. The van der Waals surface area contributed by atoms with Gasteiger partial charge >= 0.3 is 5.97 Å². The lowest BCUT2D eigenvalue weighted by Gasteiger charge is -2.46. The van der Waals surface area contributed by atoms with E-state index >= 15 is 0 Å². The summed E-state index contributed by atoms with van der Waals surface area (Å²) in [6, 6.07) is 0.0772. The van der Waals surface area contributed by atoms with E-state index < -0.39 is 5.97 Å². The Morgan fingerprint density at radius 1 is 1.12 bits per heavy atom. The van der Waals surface area contributed by atoms with Crippen molar-refractivity contribution in [1.82, 2.24) is 15.6 Å². The average Bonchev–Trinajstić information content (AvgIpc) is 2.69. The fraction of sp³-hybridized carbons (Fsp3) is 0.667. The molecule has 1 aliphatic heterocycles. The molecule has 134 valence electrons. The van der Waals surface area contributed by atoms with E-state index in [1.54, 1.807) is 13.8 Å². The summed E-state index contributed by atoms with van der Waals surface area (Å²) in [7, 11) is 1.34. The number of aromatic amines is 1. The number of carbonyl (C=O) groups is 2. The first-order valence-electron chi connectivity index (χ1n) is 8.33. The molecule has 1 amide bonds. The normalized spacial score (nSPS) is 19.8. The van der Waals surface area contributed by atoms with Crippen LogP contribution >= 0.6 is 0 Å². The van der Waals surface area contributed by atoms with Crippen LogP contribution in [0, 0.1) is 13.8 Å². The van der Waals surface area contributed by atoms with E-state index in [2.05, 4.69) is 43.3 Å². The van der Waals surface area contributed by atoms with Gasteiger partial charge in [-0.3, -0.25) is 4.79 Å². The largest absolute Gasteiger partial charge is 0.465 e. The SMILES string of the molecule is COC(=O)c1c(C)[nH]c(C(=O)NC2CC(C)(C)NC(C)(C)C2)c1C. The molecular formula is C18H29N3O3. The minimum absolute atomic E-state index is 0.0441. The maximum Gasteiger partial charge on any atom is 0.339 e. The topological polar surface area (TPSA) is 83.2 Å². The highest BCUT2D eigenvalue weighted by Crippen LogP contribution is 2.29. The molecule has 0 radical (unpaired) electrons. The third-order valence-corrected chi connectivity index (χ3v) is 4.58. The number of nitrogens with one attached hydrogen (secondary N) is 3. The van der Waals surface area contributed by atoms with Gasteiger partial charge in [0.05, 0.1) is 12.7 Å². The standard InChI is InChI=1S/C18H29N3O3/c1-10-13(16(23)24-7)11(2)19-14(10)15(22)20-12-8-17(3,4)21-18(5,6)9-12/h12,19,21H,8-9H2,1-7H3,(H,20,22). The molecule has 0 aromatic carbocycles. The third-order valence-electron chi connectivity index (χ3n) is 4.58. The van der Waals surface area contributed by atoms with Crippen LogP contribution in [0.3, 0.4) is 0 Å². The minimum Gasteiger partial charge on any atom is -0.465 e. The Bertz CT molecular complexity index is 643. The number of rotatable bonds is 3. The number of piperidine rings is 1. The fourth-order valence-electron chi connectivity index (χ4n) is 4.07. The van der Waals surface area contributed by atoms with E-state index in [4.69, 9.17) is 4.74 Å². The molecular weight excluding hydrogens is 306 g/mol. The molecule has 1 aromatic heterocycles. The fourth-order valence-corrected chi connectivity index (χ4v) is 4.07. The van der Waals surface area contributed by atoms with Crippen molar-refractivity contribution in [3.05, 3.63) is 22.5 Å². The smallest absolute Gasteiger partial charge is 0.339 e. The molecule has 0 spiro atoms. The van der Waals surface area contributed by atoms with Gasteiger partial charge in [0.1, 0.15) is 5.69 Å². The summed E-state index contributed by atoms with van der Waals surface area (Å²) >= 11 is 0. The highest BCUT2D eigenvalue weighted by Gasteiger charge is 2.38. The summed E-state index contributed by atoms with van der Waals surface area (Å²) in [6.45, 7) is 12.1. The second-order valence-electron chi connectivity index (χ2n) is 8.09. The molecule has 6 nitrogen and oxygen atoms in total. The van der Waals surface area contributed by atoms with Crippen LogP contribution in [0.25, 0.3) is 0 Å². The predicted molar refractivity (Wildman–Crippen MR) is 93.4 cm³/mol. The summed E-state index contributed by atoms with van der Waals surface area (Å²) in [5.41, 5.74) is 2.06. The molecule has 0 atom stereocenters. The monoisotopic (exact) mass is 335 g/mol. The third kappa shape index (κ3) is 3.80. The molecule has 0 saturated carbocycles. The summed E-state index contributed by atoms with van der Waals surface area (Å²) in [5, 5.41) is 6.72. The van der Waals surface area contributed by atoms with Crippen molar-refractivity contribution < 1.29 is 14.3 Å². The van der Waals surface area contributed by atoms with Gasteiger partial charge in [-0.25, -0.2) is 4.79 Å². The van der Waals surface area contributed by atoms with Gasteiger partial charge < -0.3 is 20.4 Å². The number of H-pyrrole nitrogens is 1. The van der Waals surface area contributed by atoms with Crippen LogP contribution in [0.5, 0.6) is 0 Å². The number of hydrogen-bond acceptors (Lipinski definition) is 4. The molecule has 1 fully saturated rings. The molecule has 0 unspecified atom stereocenters. The molecule has 24 heavy (non-hydrogen) atoms. The van der Waals surface area contributed by atoms with Crippen molar-refractivity contribution in [3.8, 4) is 0 Å². The van der Waals surface area contributed by atoms with Crippen molar-refractivity contribution in [2.45, 2.75) is 71.5 Å². The molecule has 2 heterocycles. The van der Waals surface area contributed by atoms with Gasteiger partial charge in [0.2, 0.25) is 0 Å². The zero-order valence-electron chi connectivity index (χ0n) is 15.7. The Labute approximate surface area is 143 Å². The van der Waals surface area contributed by atoms with Gasteiger partial charge in [0, 0.05) is 22.8 Å². The van der Waals surface area contributed by atoms with Gasteiger partial charge in [-0.1, -0.05) is 0 Å². The Hall–Kier alpha value is -1.82. The summed E-state index contributed by atoms with van der Waals surface area (Å²) < 4.78 is 4.80. The van der Waals surface area contributed by atoms with Crippen molar-refractivity contribution in [2.24, 2.45) is 0 Å². The number of methoxy groups -OCH3 is 1. The van der Waals surface area contributed by atoms with Gasteiger partial charge in [-0.2, -0.15) is 0 Å². The van der Waals surface area contributed by atoms with Crippen LogP contribution in [0.1, 0.15) is 72.6 Å². The zero-order chi connectivity index (χ0) is 18.3. The maximum absolute atomic E-state index is 12.7. The molecule has 2 rings (SSSR count). The van der Waals surface area contributed by atoms with Gasteiger partial charge in [-0.05, 0) is 59.9 Å². The van der Waals surface area contributed by atoms with Crippen LogP contribution in [0.4, 0.5) is 0 Å². The summed E-state index contributed by atoms with van der Waals surface area (Å²) in [5.74, 6) is -0.603. The Balaban J connectivity index is 2.20. The van der Waals surface area contributed by atoms with Gasteiger partial charge in [0.25, 0.3) is 5.91 Å². The minimum atomic E-state index is -0.426. The van der Waals surface area contributed by atoms with E-state index in [0.29, 0.717) is 22.5 Å². The molecule has 6 heteroatoms. The number of amides is 1. The average molecular weight is 335 g/mol. The number of ether oxygens (including phenoxy) is 1. The van der Waals surface area contributed by atoms with Crippen LogP contribution in [0.2, 0.25) is 0 Å². The van der Waals surface area contributed by atoms with Crippen LogP contribution in [0.15, 0.2) is 0 Å². The molecule has 1 aliphatic rings. The first-order chi connectivity index (χ1) is 11.0. The maximum atomic E-state index is 12.7. The van der Waals surface area contributed by atoms with Gasteiger partial charge in [0.15, 0.2) is 0 Å². The molecule has 1 saturated heterocycles. The van der Waals surface area contributed by atoms with Crippen molar-refractivity contribution in [3.63, 3.8) is 0 Å². The summed E-state index contributed by atoms with van der Waals surface area (Å²) in [6.07, 6.45) is 1.70. The first kappa shape index (κ1) is 18.5. The Morgan fingerprint density at radius 2 is 1.67 bits per heavy atom. The van der Waals surface area contributed by atoms with Crippen LogP contribution in [-0.2, 0) is 4.74 Å². The van der Waals surface area contributed by atoms with E-state index in [0.717, 1.165) is 12.8 Å². The van der Waals surface area contributed by atoms with E-state index in [1.165, 1.54) is 7.11 Å². The highest BCUT2D eigenvalue weighted by molar-refractivity contribution is 6.00. The number of aryl methyl sites for hydroxylation is 1. The van der Waals surface area contributed by atoms with E-state index in [-0.39, 0.29) is 23.0 Å². The zero-order valence-corrected chi connectivity index (χ0v) is 15.7. The number of aromatic nitrogens is 1. The molecule has 1 aromatic rings. The Morgan fingerprint density at radius 3 is 2.17 bits per heavy atom. The number of esters is 1. The second-order valence-corrected chi connectivity index (χ2v) is 8.09. The van der Waals surface area contributed by atoms with Crippen molar-refractivity contribution in [2.75, 3.05) is 7.11 Å². The molecule has 3 N–H and O–H groups in total. The predicted octanol–water partition coefficient (Wildman–Crippen LogP) is 2.46. The van der Waals surface area contributed by atoms with E-state index in [9.17, 15) is 9.59 Å². The van der Waals surface area contributed by atoms with E-state index in [1.807, 2.05) is 0 Å². The van der Waals surface area contributed by atoms with Crippen molar-refractivity contribution >= 4 is 11.9 Å². The number of carbonyl (C=O) groups excluding carboxylic acids is 2. The lowest BCUT2D eigenvalue weighted by molar-refractivity contribution is 0.0599. The highest BCUT2D eigenvalue weighted by atomic mass is 16.5. The summed E-state index contributed by atoms with van der Waals surface area (Å²) in [4.78, 5) is 27.6.